The Kier molecular flexibility index (Phi) is 4.54. The highest BCUT2D eigenvalue weighted by atomic mass is 19.4. The summed E-state index contributed by atoms with van der Waals surface area (Å²) in [5.41, 5.74) is 0.723. The molecule has 0 radical (unpaired) electrons. The predicted molar refractivity (Wildman–Crippen MR) is 56.7 cm³/mol. The number of rotatable bonds is 5. The first kappa shape index (κ1) is 13.5. The Labute approximate surface area is 97.4 Å². The number of aryl methyl sites for hydroxylation is 1. The number of hydrogen-bond donors (Lipinski definition) is 0. The monoisotopic (exact) mass is 246 g/mol. The molecule has 5 heteroatoms. The molecule has 0 fully saturated rings. The lowest BCUT2D eigenvalue weighted by Gasteiger charge is -2.10. The molecule has 0 N–H and O–H groups in total. The Morgan fingerprint density at radius 1 is 1.41 bits per heavy atom. The van der Waals surface area contributed by atoms with Crippen molar-refractivity contribution in [2.75, 3.05) is 0 Å². The molecule has 1 aromatic rings. The van der Waals surface area contributed by atoms with E-state index in [-0.39, 0.29) is 11.7 Å². The van der Waals surface area contributed by atoms with Gasteiger partial charge in [0.15, 0.2) is 0 Å². The number of carbonyl (C=O) groups is 1. The van der Waals surface area contributed by atoms with E-state index in [1.165, 1.54) is 18.2 Å². The molecule has 0 saturated carbocycles. The number of ether oxygens (including phenoxy) is 1. The van der Waals surface area contributed by atoms with Crippen LogP contribution >= 0.6 is 0 Å². The maximum atomic E-state index is 12.0. The van der Waals surface area contributed by atoms with Crippen molar-refractivity contribution >= 4 is 6.29 Å². The lowest BCUT2D eigenvalue weighted by molar-refractivity contribution is -0.274. The first-order valence-electron chi connectivity index (χ1n) is 5.20. The number of benzene rings is 1. The van der Waals surface area contributed by atoms with E-state index >= 15 is 0 Å². The van der Waals surface area contributed by atoms with Crippen molar-refractivity contribution in [3.63, 3.8) is 0 Å². The van der Waals surface area contributed by atoms with E-state index in [1.807, 2.05) is 0 Å². The summed E-state index contributed by atoms with van der Waals surface area (Å²) in [7, 11) is 0. The maximum Gasteiger partial charge on any atom is 0.573 e. The minimum Gasteiger partial charge on any atom is -0.406 e. The third-order valence-electron chi connectivity index (χ3n) is 2.25. The van der Waals surface area contributed by atoms with Gasteiger partial charge in [0.25, 0.3) is 0 Å². The molecule has 2 nitrogen and oxygen atoms in total. The van der Waals surface area contributed by atoms with E-state index in [0.29, 0.717) is 12.8 Å². The van der Waals surface area contributed by atoms with E-state index in [0.717, 1.165) is 11.8 Å². The van der Waals surface area contributed by atoms with Crippen molar-refractivity contribution in [1.82, 2.24) is 0 Å². The van der Waals surface area contributed by atoms with Crippen LogP contribution in [0.1, 0.15) is 18.9 Å². The SMILES string of the molecule is CC(C=O)CCc1cccc(OC(F)(F)F)c1. The van der Waals surface area contributed by atoms with Crippen molar-refractivity contribution in [1.29, 1.82) is 0 Å². The summed E-state index contributed by atoms with van der Waals surface area (Å²) in [5.74, 6) is -0.323. The van der Waals surface area contributed by atoms with Gasteiger partial charge in [-0.2, -0.15) is 0 Å². The molecule has 0 saturated heterocycles. The maximum absolute atomic E-state index is 12.0. The predicted octanol–water partition coefficient (Wildman–Crippen LogP) is 3.35. The van der Waals surface area contributed by atoms with E-state index in [2.05, 4.69) is 4.74 Å². The molecule has 1 unspecified atom stereocenters. The van der Waals surface area contributed by atoms with Gasteiger partial charge in [0, 0.05) is 5.92 Å². The number of hydrogen-bond acceptors (Lipinski definition) is 2. The fourth-order valence-corrected chi connectivity index (χ4v) is 1.36. The van der Waals surface area contributed by atoms with Crippen LogP contribution in [0.3, 0.4) is 0 Å². The second kappa shape index (κ2) is 5.70. The van der Waals surface area contributed by atoms with E-state index in [9.17, 15) is 18.0 Å². The molecule has 0 amide bonds. The van der Waals surface area contributed by atoms with E-state index in [4.69, 9.17) is 0 Å². The van der Waals surface area contributed by atoms with Gasteiger partial charge >= 0.3 is 6.36 Å². The van der Waals surface area contributed by atoms with Crippen LogP contribution in [0.4, 0.5) is 13.2 Å². The Balaban J connectivity index is 2.63. The van der Waals surface area contributed by atoms with Crippen molar-refractivity contribution in [3.05, 3.63) is 29.8 Å². The molecule has 1 aromatic carbocycles. The van der Waals surface area contributed by atoms with Gasteiger partial charge in [0.2, 0.25) is 0 Å². The van der Waals surface area contributed by atoms with Crippen LogP contribution in [0.15, 0.2) is 24.3 Å². The lowest BCUT2D eigenvalue weighted by Crippen LogP contribution is -2.17. The second-order valence-corrected chi connectivity index (χ2v) is 3.85. The van der Waals surface area contributed by atoms with Crippen LogP contribution < -0.4 is 4.74 Å². The molecule has 17 heavy (non-hydrogen) atoms. The molecule has 0 aliphatic heterocycles. The molecular formula is C12H13F3O2. The third kappa shape index (κ3) is 5.38. The fraction of sp³-hybridized carbons (Fsp3) is 0.417. The number of alkyl halides is 3. The summed E-state index contributed by atoms with van der Waals surface area (Å²) in [6.45, 7) is 1.77. The fourth-order valence-electron chi connectivity index (χ4n) is 1.36. The summed E-state index contributed by atoms with van der Waals surface area (Å²) >= 11 is 0. The molecule has 0 spiro atoms. The molecule has 1 atom stereocenters. The van der Waals surface area contributed by atoms with Gasteiger partial charge in [-0.1, -0.05) is 19.1 Å². The minimum atomic E-state index is -4.67. The summed E-state index contributed by atoms with van der Waals surface area (Å²) in [5, 5.41) is 0. The molecule has 94 valence electrons. The third-order valence-corrected chi connectivity index (χ3v) is 2.25. The van der Waals surface area contributed by atoms with Crippen molar-refractivity contribution < 1.29 is 22.7 Å². The number of aldehydes is 1. The zero-order chi connectivity index (χ0) is 12.9. The Morgan fingerprint density at radius 2 is 2.12 bits per heavy atom. The van der Waals surface area contributed by atoms with Gasteiger partial charge in [-0.15, -0.1) is 13.2 Å². The highest BCUT2D eigenvalue weighted by molar-refractivity contribution is 5.52. The van der Waals surface area contributed by atoms with E-state index in [1.54, 1.807) is 13.0 Å². The highest BCUT2D eigenvalue weighted by Gasteiger charge is 2.31. The number of carbonyl (C=O) groups excluding carboxylic acids is 1. The summed E-state index contributed by atoms with van der Waals surface area (Å²) in [6, 6.07) is 5.80. The van der Waals surface area contributed by atoms with Gasteiger partial charge in [-0.3, -0.25) is 0 Å². The number of halogens is 3. The molecule has 0 aliphatic rings. The van der Waals surface area contributed by atoms with Crippen molar-refractivity contribution in [2.45, 2.75) is 26.1 Å². The molecule has 0 heterocycles. The van der Waals surface area contributed by atoms with Crippen LogP contribution in [-0.4, -0.2) is 12.6 Å². The lowest BCUT2D eigenvalue weighted by atomic mass is 10.0. The standard InChI is InChI=1S/C12H13F3O2/c1-9(8-16)5-6-10-3-2-4-11(7-10)17-12(13,14)15/h2-4,7-9H,5-6H2,1H3. The molecule has 1 rings (SSSR count). The first-order valence-corrected chi connectivity index (χ1v) is 5.20. The molecule has 0 aromatic heterocycles. The Morgan fingerprint density at radius 3 is 2.71 bits per heavy atom. The normalized spacial score (nSPS) is 13.2. The summed E-state index contributed by atoms with van der Waals surface area (Å²) in [6.07, 6.45) is -2.68. The Bertz CT molecular complexity index is 374. The smallest absolute Gasteiger partial charge is 0.406 e. The van der Waals surface area contributed by atoms with Crippen LogP contribution in [-0.2, 0) is 11.2 Å². The van der Waals surface area contributed by atoms with Gasteiger partial charge in [0.05, 0.1) is 0 Å². The van der Waals surface area contributed by atoms with Gasteiger partial charge in [-0.05, 0) is 30.5 Å². The minimum absolute atomic E-state index is 0.0952. The topological polar surface area (TPSA) is 26.3 Å². The average molecular weight is 246 g/mol. The van der Waals surface area contributed by atoms with Crippen LogP contribution in [0.25, 0.3) is 0 Å². The zero-order valence-electron chi connectivity index (χ0n) is 9.33. The Hall–Kier alpha value is -1.52. The van der Waals surface area contributed by atoms with E-state index < -0.39 is 6.36 Å². The van der Waals surface area contributed by atoms with Crippen LogP contribution in [0.2, 0.25) is 0 Å². The van der Waals surface area contributed by atoms with Gasteiger partial charge < -0.3 is 9.53 Å². The first-order chi connectivity index (χ1) is 7.90. The molecule has 0 aliphatic carbocycles. The van der Waals surface area contributed by atoms with Crippen molar-refractivity contribution in [2.24, 2.45) is 5.92 Å². The van der Waals surface area contributed by atoms with Crippen LogP contribution in [0.5, 0.6) is 5.75 Å². The van der Waals surface area contributed by atoms with Crippen LogP contribution in [0, 0.1) is 5.92 Å². The van der Waals surface area contributed by atoms with Gasteiger partial charge in [-0.25, -0.2) is 0 Å². The van der Waals surface area contributed by atoms with Gasteiger partial charge in [0.1, 0.15) is 12.0 Å². The summed E-state index contributed by atoms with van der Waals surface area (Å²) < 4.78 is 39.7. The second-order valence-electron chi connectivity index (χ2n) is 3.85. The molecule has 0 bridgehead atoms. The highest BCUT2D eigenvalue weighted by Crippen LogP contribution is 2.23. The van der Waals surface area contributed by atoms with Crippen molar-refractivity contribution in [3.8, 4) is 5.75 Å². The quantitative estimate of drug-likeness (QED) is 0.745. The summed E-state index contributed by atoms with van der Waals surface area (Å²) in [4.78, 5) is 10.4. The average Bonchev–Trinajstić information content (AvgIpc) is 2.24. The zero-order valence-corrected chi connectivity index (χ0v) is 9.33. The largest absolute Gasteiger partial charge is 0.573 e. The molecular weight excluding hydrogens is 233 g/mol.